The van der Waals surface area contributed by atoms with E-state index in [1.54, 1.807) is 6.92 Å². The predicted molar refractivity (Wildman–Crippen MR) is 48.6 cm³/mol. The van der Waals surface area contributed by atoms with Gasteiger partial charge in [0, 0.05) is 25.8 Å². The summed E-state index contributed by atoms with van der Waals surface area (Å²) in [5.41, 5.74) is 0. The molecule has 12 heavy (non-hydrogen) atoms. The van der Waals surface area contributed by atoms with E-state index in [9.17, 15) is 9.59 Å². The molecule has 0 aromatic heterocycles. The Morgan fingerprint density at radius 3 is 2.25 bits per heavy atom. The monoisotopic (exact) mass is 210 g/mol. The summed E-state index contributed by atoms with van der Waals surface area (Å²) in [7, 11) is 0. The van der Waals surface area contributed by atoms with Crippen LogP contribution < -0.4 is 0 Å². The Bertz CT molecular complexity index is 171. The third-order valence-electron chi connectivity index (χ3n) is 1.43. The highest BCUT2D eigenvalue weighted by Gasteiger charge is 2.21. The van der Waals surface area contributed by atoms with Gasteiger partial charge in [-0.05, 0) is 6.42 Å². The summed E-state index contributed by atoms with van der Waals surface area (Å²) in [4.78, 5) is 21.5. The summed E-state index contributed by atoms with van der Waals surface area (Å²) < 4.78 is 8.27. The fourth-order valence-corrected chi connectivity index (χ4v) is 0.931. The lowest BCUT2D eigenvalue weighted by Crippen LogP contribution is -2.17. The van der Waals surface area contributed by atoms with Gasteiger partial charge in [-0.25, -0.2) is 0 Å². The zero-order valence-corrected chi connectivity index (χ0v) is 8.31. The first kappa shape index (κ1) is 11.6. The quantitative estimate of drug-likeness (QED) is 0.540. The van der Waals surface area contributed by atoms with Gasteiger partial charge in [-0.3, -0.25) is 9.59 Å². The van der Waals surface area contributed by atoms with Gasteiger partial charge in [-0.2, -0.15) is 0 Å². The molecule has 0 saturated heterocycles. The van der Waals surface area contributed by atoms with Gasteiger partial charge in [-0.1, -0.05) is 6.92 Å². The predicted octanol–water partition coefficient (Wildman–Crippen LogP) is 1.18. The summed E-state index contributed by atoms with van der Waals surface area (Å²) in [6.45, 7) is 1.77. The molecule has 0 radical (unpaired) electrons. The first-order valence-corrected chi connectivity index (χ1v) is 4.08. The summed E-state index contributed by atoms with van der Waals surface area (Å²) in [6, 6.07) is 0. The van der Waals surface area contributed by atoms with E-state index in [2.05, 4.69) is 34.2 Å². The maximum absolute atomic E-state index is 10.9. The van der Waals surface area contributed by atoms with Crippen LogP contribution in [0.1, 0.15) is 19.8 Å². The number of hydrogen-bond donors (Lipinski definition) is 2. The second-order valence-corrected chi connectivity index (χ2v) is 2.55. The molecule has 0 fully saturated rings. The van der Waals surface area contributed by atoms with Crippen LogP contribution in [-0.4, -0.2) is 11.9 Å². The SMILES string of the molecule is CCC(CC(=O)OS)C(=O)OS. The molecule has 0 amide bonds. The summed E-state index contributed by atoms with van der Waals surface area (Å²) in [5.74, 6) is -1.58. The molecule has 0 aromatic carbocycles. The average Bonchev–Trinajstić information content (AvgIpc) is 2.12. The normalized spacial score (nSPS) is 11.9. The van der Waals surface area contributed by atoms with E-state index in [0.717, 1.165) is 0 Å². The second-order valence-electron chi connectivity index (χ2n) is 2.18. The maximum atomic E-state index is 10.9. The molecular formula is C6H10O4S2. The number of carbonyl (C=O) groups excluding carboxylic acids is 2. The lowest BCUT2D eigenvalue weighted by atomic mass is 10.0. The fourth-order valence-electron chi connectivity index (χ4n) is 0.707. The van der Waals surface area contributed by atoms with Crippen molar-refractivity contribution in [3.05, 3.63) is 0 Å². The molecule has 0 saturated carbocycles. The number of hydrogen-bond acceptors (Lipinski definition) is 6. The van der Waals surface area contributed by atoms with Gasteiger partial charge in [0.25, 0.3) is 0 Å². The van der Waals surface area contributed by atoms with Crippen LogP contribution in [0.4, 0.5) is 0 Å². The minimum absolute atomic E-state index is 0.0284. The van der Waals surface area contributed by atoms with Crippen LogP contribution in [0, 0.1) is 5.92 Å². The Morgan fingerprint density at radius 2 is 1.92 bits per heavy atom. The van der Waals surface area contributed by atoms with Gasteiger partial charge in [0.2, 0.25) is 0 Å². The molecule has 6 heteroatoms. The standard InChI is InChI=1S/C6H10O4S2/c1-2-4(6(8)10-12)3-5(7)9-11/h4,11-12H,2-3H2,1H3. The van der Waals surface area contributed by atoms with Crippen molar-refractivity contribution in [2.45, 2.75) is 19.8 Å². The third-order valence-corrected chi connectivity index (χ3v) is 1.81. The number of carbonyl (C=O) groups is 2. The van der Waals surface area contributed by atoms with Crippen LogP contribution >= 0.6 is 25.8 Å². The highest BCUT2D eigenvalue weighted by molar-refractivity contribution is 7.75. The molecule has 70 valence electrons. The summed E-state index contributed by atoms with van der Waals surface area (Å²) in [6.07, 6.45) is 0.474. The highest BCUT2D eigenvalue weighted by Crippen LogP contribution is 2.12. The Morgan fingerprint density at radius 1 is 1.33 bits per heavy atom. The minimum atomic E-state index is -0.552. The first-order valence-electron chi connectivity index (χ1n) is 3.35. The molecule has 0 aliphatic rings. The second kappa shape index (κ2) is 6.19. The van der Waals surface area contributed by atoms with Crippen LogP contribution in [0.5, 0.6) is 0 Å². The van der Waals surface area contributed by atoms with E-state index < -0.39 is 17.9 Å². The van der Waals surface area contributed by atoms with Crippen LogP contribution in [-0.2, 0) is 18.0 Å². The van der Waals surface area contributed by atoms with Crippen molar-refractivity contribution in [3.63, 3.8) is 0 Å². The van der Waals surface area contributed by atoms with Gasteiger partial charge in [0.15, 0.2) is 0 Å². The van der Waals surface area contributed by atoms with Gasteiger partial charge in [0.1, 0.15) is 0 Å². The zero-order chi connectivity index (χ0) is 9.56. The molecule has 0 heterocycles. The third kappa shape index (κ3) is 3.87. The molecule has 4 nitrogen and oxygen atoms in total. The van der Waals surface area contributed by atoms with Crippen molar-refractivity contribution in [2.24, 2.45) is 5.92 Å². The Kier molecular flexibility index (Phi) is 6.00. The molecular weight excluding hydrogens is 200 g/mol. The van der Waals surface area contributed by atoms with Crippen LogP contribution in [0.15, 0.2) is 0 Å². The van der Waals surface area contributed by atoms with Crippen molar-refractivity contribution in [1.82, 2.24) is 0 Å². The topological polar surface area (TPSA) is 52.6 Å². The molecule has 0 aliphatic heterocycles. The van der Waals surface area contributed by atoms with E-state index in [1.165, 1.54) is 0 Å². The summed E-state index contributed by atoms with van der Waals surface area (Å²) >= 11 is 6.65. The lowest BCUT2D eigenvalue weighted by Gasteiger charge is -2.08. The average molecular weight is 210 g/mol. The summed E-state index contributed by atoms with van der Waals surface area (Å²) in [5, 5.41) is 0. The van der Waals surface area contributed by atoms with Crippen LogP contribution in [0.3, 0.4) is 0 Å². The zero-order valence-electron chi connectivity index (χ0n) is 6.52. The molecule has 0 spiro atoms. The van der Waals surface area contributed by atoms with Crippen molar-refractivity contribution in [2.75, 3.05) is 0 Å². The highest BCUT2D eigenvalue weighted by atomic mass is 32.1. The largest absolute Gasteiger partial charge is 0.395 e. The van der Waals surface area contributed by atoms with Gasteiger partial charge in [0.05, 0.1) is 12.3 Å². The van der Waals surface area contributed by atoms with Gasteiger partial charge < -0.3 is 8.37 Å². The van der Waals surface area contributed by atoms with Crippen LogP contribution in [0.2, 0.25) is 0 Å². The maximum Gasteiger partial charge on any atom is 0.321 e. The molecule has 0 aromatic rings. The van der Waals surface area contributed by atoms with E-state index >= 15 is 0 Å². The van der Waals surface area contributed by atoms with Crippen molar-refractivity contribution in [3.8, 4) is 0 Å². The number of thiol groups is 2. The lowest BCUT2D eigenvalue weighted by molar-refractivity contribution is -0.143. The molecule has 0 bridgehead atoms. The van der Waals surface area contributed by atoms with Crippen molar-refractivity contribution in [1.29, 1.82) is 0 Å². The van der Waals surface area contributed by atoms with Crippen LogP contribution in [0.25, 0.3) is 0 Å². The first-order chi connectivity index (χ1) is 5.65. The Balaban J connectivity index is 3.99. The Labute approximate surface area is 81.8 Å². The number of rotatable bonds is 4. The Hall–Kier alpha value is -0.360. The van der Waals surface area contributed by atoms with E-state index in [4.69, 9.17) is 0 Å². The molecule has 1 unspecified atom stereocenters. The van der Waals surface area contributed by atoms with Gasteiger partial charge in [-0.15, -0.1) is 0 Å². The van der Waals surface area contributed by atoms with E-state index in [1.807, 2.05) is 0 Å². The minimum Gasteiger partial charge on any atom is -0.395 e. The molecule has 1 atom stereocenters. The molecule has 0 aliphatic carbocycles. The fraction of sp³-hybridized carbons (Fsp3) is 0.667. The van der Waals surface area contributed by atoms with Crippen molar-refractivity contribution >= 4 is 37.8 Å². The van der Waals surface area contributed by atoms with Crippen molar-refractivity contribution < 1.29 is 18.0 Å². The molecule has 0 rings (SSSR count). The van der Waals surface area contributed by atoms with Gasteiger partial charge >= 0.3 is 11.9 Å². The molecule has 0 N–H and O–H groups in total. The van der Waals surface area contributed by atoms with E-state index in [0.29, 0.717) is 6.42 Å². The van der Waals surface area contributed by atoms with E-state index in [-0.39, 0.29) is 6.42 Å². The smallest absolute Gasteiger partial charge is 0.321 e.